The number of aromatic nitrogens is 2. The van der Waals surface area contributed by atoms with Crippen molar-refractivity contribution in [3.05, 3.63) is 38.7 Å². The fraction of sp³-hybridized carbons (Fsp3) is 0.600. The monoisotopic (exact) mass is 492 g/mol. The number of nitrogens with zero attached hydrogens (tertiary/aromatic N) is 1. The molecular formula is C20H27F3N4O7. The molecule has 190 valence electrons. The van der Waals surface area contributed by atoms with Crippen molar-refractivity contribution in [2.45, 2.75) is 56.7 Å². The molecule has 34 heavy (non-hydrogen) atoms. The maximum atomic E-state index is 12.1. The molecule has 2 rings (SSSR count). The van der Waals surface area contributed by atoms with Crippen molar-refractivity contribution in [3.63, 3.8) is 0 Å². The molecule has 2 heterocycles. The lowest BCUT2D eigenvalue weighted by Gasteiger charge is -2.14. The number of aliphatic hydroxyl groups excluding tert-OH is 2. The Balaban J connectivity index is 1.76. The fourth-order valence-corrected chi connectivity index (χ4v) is 3.23. The third-order valence-electron chi connectivity index (χ3n) is 5.05. The highest BCUT2D eigenvalue weighted by Gasteiger charge is 2.38. The molecule has 1 aromatic heterocycles. The number of hydrogen-bond donors (Lipinski definition) is 5. The third kappa shape index (κ3) is 8.11. The molecule has 1 aliphatic rings. The van der Waals surface area contributed by atoms with Gasteiger partial charge in [-0.1, -0.05) is 12.8 Å². The highest BCUT2D eigenvalue weighted by atomic mass is 19.4. The van der Waals surface area contributed by atoms with E-state index in [0.29, 0.717) is 32.2 Å². The van der Waals surface area contributed by atoms with Crippen molar-refractivity contribution in [3.8, 4) is 0 Å². The number of carbonyl (C=O) groups is 2. The average molecular weight is 492 g/mol. The summed E-state index contributed by atoms with van der Waals surface area (Å²) in [5.41, 5.74) is -1.48. The molecule has 1 fully saturated rings. The van der Waals surface area contributed by atoms with Gasteiger partial charge in [0.05, 0.1) is 18.3 Å². The first-order valence-electron chi connectivity index (χ1n) is 10.6. The minimum atomic E-state index is -4.89. The molecule has 2 amide bonds. The molecule has 14 heteroatoms. The second kappa shape index (κ2) is 12.5. The zero-order valence-electron chi connectivity index (χ0n) is 18.1. The highest BCUT2D eigenvalue weighted by Crippen LogP contribution is 2.27. The van der Waals surface area contributed by atoms with Crippen molar-refractivity contribution < 1.29 is 37.7 Å². The van der Waals surface area contributed by atoms with E-state index < -0.39 is 54.3 Å². The van der Waals surface area contributed by atoms with Gasteiger partial charge in [0.25, 0.3) is 5.56 Å². The van der Waals surface area contributed by atoms with Gasteiger partial charge in [0.15, 0.2) is 0 Å². The average Bonchev–Trinajstić information content (AvgIpc) is 3.14. The number of hydrogen-bond acceptors (Lipinski definition) is 7. The number of nitrogens with one attached hydrogen (secondary N) is 3. The molecule has 5 N–H and O–H groups in total. The van der Waals surface area contributed by atoms with E-state index in [0.717, 1.165) is 10.6 Å². The molecule has 0 spiro atoms. The van der Waals surface area contributed by atoms with Crippen LogP contribution in [0.25, 0.3) is 6.08 Å². The van der Waals surface area contributed by atoms with E-state index in [-0.39, 0.29) is 18.5 Å². The Morgan fingerprint density at radius 1 is 1.18 bits per heavy atom. The van der Waals surface area contributed by atoms with E-state index in [9.17, 15) is 37.5 Å². The van der Waals surface area contributed by atoms with Crippen LogP contribution in [0.1, 0.15) is 43.9 Å². The molecule has 11 nitrogen and oxygen atoms in total. The predicted molar refractivity (Wildman–Crippen MR) is 113 cm³/mol. The van der Waals surface area contributed by atoms with Crippen LogP contribution in [0.5, 0.6) is 0 Å². The van der Waals surface area contributed by atoms with Gasteiger partial charge in [-0.3, -0.25) is 23.9 Å². The topological polar surface area (TPSA) is 163 Å². The Labute approximate surface area is 191 Å². The number of halogens is 3. The maximum absolute atomic E-state index is 12.1. The van der Waals surface area contributed by atoms with Crippen molar-refractivity contribution >= 4 is 17.9 Å². The molecule has 0 aliphatic carbocycles. The van der Waals surface area contributed by atoms with Crippen molar-refractivity contribution in [1.29, 1.82) is 0 Å². The first kappa shape index (κ1) is 27.3. The lowest BCUT2D eigenvalue weighted by atomic mass is 10.2. The SMILES string of the molecule is O=C(/C=C/c1cn([C@H]2C[C@H](O)[C@@H](CO)O2)c(=O)[nH]c1=O)NCCCCCCNC(=O)C(F)(F)F. The van der Waals surface area contributed by atoms with Crippen LogP contribution in [0.15, 0.2) is 21.9 Å². The van der Waals surface area contributed by atoms with Gasteiger partial charge in [-0.2, -0.15) is 13.2 Å². The van der Waals surface area contributed by atoms with Gasteiger partial charge in [0, 0.05) is 31.8 Å². The zero-order chi connectivity index (χ0) is 25.3. The standard InChI is InChI=1S/C20H27F3N4O7/c21-20(22,23)18(32)25-8-4-2-1-3-7-24-15(30)6-5-12-10-27(19(33)26-17(12)31)16-9-13(29)14(11-28)34-16/h5-6,10,13-14,16,28-29H,1-4,7-9,11H2,(H,24,30)(H,25,32)(H,26,31,33)/b6-5+/t13-,14+,16+/m0/s1. The first-order valence-corrected chi connectivity index (χ1v) is 10.6. The Hall–Kier alpha value is -2.97. The number of H-pyrrole nitrogens is 1. The summed E-state index contributed by atoms with van der Waals surface area (Å²) in [4.78, 5) is 48.8. The maximum Gasteiger partial charge on any atom is 0.471 e. The van der Waals surface area contributed by atoms with E-state index in [1.165, 1.54) is 12.3 Å². The number of ether oxygens (including phenoxy) is 1. The second-order valence-electron chi connectivity index (χ2n) is 7.66. The van der Waals surface area contributed by atoms with Crippen LogP contribution in [-0.2, 0) is 14.3 Å². The van der Waals surface area contributed by atoms with Crippen LogP contribution < -0.4 is 21.9 Å². The van der Waals surface area contributed by atoms with Gasteiger partial charge in [-0.15, -0.1) is 0 Å². The van der Waals surface area contributed by atoms with Crippen molar-refractivity contribution in [1.82, 2.24) is 20.2 Å². The van der Waals surface area contributed by atoms with Gasteiger partial charge < -0.3 is 25.6 Å². The van der Waals surface area contributed by atoms with Crippen LogP contribution in [0.2, 0.25) is 0 Å². The lowest BCUT2D eigenvalue weighted by Crippen LogP contribution is -2.37. The van der Waals surface area contributed by atoms with E-state index in [4.69, 9.17) is 9.84 Å². The first-order chi connectivity index (χ1) is 16.0. The summed E-state index contributed by atoms with van der Waals surface area (Å²) in [6.45, 7) is -0.225. The highest BCUT2D eigenvalue weighted by molar-refractivity contribution is 5.91. The molecule has 1 saturated heterocycles. The summed E-state index contributed by atoms with van der Waals surface area (Å²) in [5, 5.41) is 23.4. The molecular weight excluding hydrogens is 465 g/mol. The summed E-state index contributed by atoms with van der Waals surface area (Å²) in [5.74, 6) is -2.47. The molecule has 0 aromatic carbocycles. The van der Waals surface area contributed by atoms with Crippen LogP contribution in [0, 0.1) is 0 Å². The minimum Gasteiger partial charge on any atom is -0.394 e. The van der Waals surface area contributed by atoms with E-state index in [1.807, 2.05) is 0 Å². The quantitative estimate of drug-likeness (QED) is 0.206. The van der Waals surface area contributed by atoms with Gasteiger partial charge >= 0.3 is 17.8 Å². The molecule has 1 aliphatic heterocycles. The Morgan fingerprint density at radius 3 is 2.41 bits per heavy atom. The number of amides is 2. The Morgan fingerprint density at radius 2 is 1.82 bits per heavy atom. The minimum absolute atomic E-state index is 0.00110. The van der Waals surface area contributed by atoms with Crippen LogP contribution >= 0.6 is 0 Å². The molecule has 0 bridgehead atoms. The number of unbranched alkanes of at least 4 members (excludes halogenated alkanes) is 3. The molecule has 0 saturated carbocycles. The molecule has 3 atom stereocenters. The van der Waals surface area contributed by atoms with Gasteiger partial charge in [0.2, 0.25) is 5.91 Å². The summed E-state index contributed by atoms with van der Waals surface area (Å²) >= 11 is 0. The van der Waals surface area contributed by atoms with E-state index in [2.05, 4.69) is 10.3 Å². The molecule has 0 radical (unpaired) electrons. The number of alkyl halides is 3. The van der Waals surface area contributed by atoms with Crippen molar-refractivity contribution in [2.24, 2.45) is 0 Å². The summed E-state index contributed by atoms with van der Waals surface area (Å²) in [6, 6.07) is 0. The van der Waals surface area contributed by atoms with Crippen LogP contribution in [0.3, 0.4) is 0 Å². The van der Waals surface area contributed by atoms with Gasteiger partial charge in [-0.25, -0.2) is 4.79 Å². The predicted octanol–water partition coefficient (Wildman–Crippen LogP) is -0.454. The van der Waals surface area contributed by atoms with Gasteiger partial charge in [-0.05, 0) is 18.9 Å². The second-order valence-corrected chi connectivity index (χ2v) is 7.66. The number of aromatic amines is 1. The van der Waals surface area contributed by atoms with Crippen molar-refractivity contribution in [2.75, 3.05) is 19.7 Å². The third-order valence-corrected chi connectivity index (χ3v) is 5.05. The molecule has 0 unspecified atom stereocenters. The lowest BCUT2D eigenvalue weighted by molar-refractivity contribution is -0.173. The van der Waals surface area contributed by atoms with Gasteiger partial charge in [0.1, 0.15) is 12.3 Å². The number of aliphatic hydroxyl groups is 2. The van der Waals surface area contributed by atoms with Crippen LogP contribution in [0.4, 0.5) is 13.2 Å². The fourth-order valence-electron chi connectivity index (χ4n) is 3.23. The summed E-state index contributed by atoms with van der Waals surface area (Å²) in [6.07, 6.45) is -1.95. The van der Waals surface area contributed by atoms with Crippen LogP contribution in [-0.4, -0.2) is 69.7 Å². The summed E-state index contributed by atoms with van der Waals surface area (Å²) in [7, 11) is 0. The Bertz CT molecular complexity index is 990. The smallest absolute Gasteiger partial charge is 0.394 e. The molecule has 1 aromatic rings. The zero-order valence-corrected chi connectivity index (χ0v) is 18.1. The Kier molecular flexibility index (Phi) is 10.0. The number of rotatable bonds is 11. The summed E-state index contributed by atoms with van der Waals surface area (Å²) < 4.78 is 42.6. The largest absolute Gasteiger partial charge is 0.471 e. The number of carbonyl (C=O) groups excluding carboxylic acids is 2. The van der Waals surface area contributed by atoms with E-state index in [1.54, 1.807) is 5.32 Å². The van der Waals surface area contributed by atoms with E-state index >= 15 is 0 Å². The normalized spacial score (nSPS) is 20.6.